The average Bonchev–Trinajstić information content (AvgIpc) is 2.66. The van der Waals surface area contributed by atoms with E-state index in [2.05, 4.69) is 4.72 Å². The second-order valence-corrected chi connectivity index (χ2v) is 6.27. The number of alkyl halides is 3. The van der Waals surface area contributed by atoms with Crippen LogP contribution in [0.5, 0.6) is 0 Å². The summed E-state index contributed by atoms with van der Waals surface area (Å²) in [5.41, 5.74) is -0.0960. The number of sulfonamides is 1. The van der Waals surface area contributed by atoms with E-state index in [1.54, 1.807) is 0 Å². The zero-order chi connectivity index (χ0) is 16.3. The molecule has 0 saturated heterocycles. The van der Waals surface area contributed by atoms with Gasteiger partial charge >= 0.3 is 12.1 Å². The van der Waals surface area contributed by atoms with Crippen LogP contribution < -0.4 is 4.72 Å². The first-order valence-corrected chi connectivity index (χ1v) is 7.52. The van der Waals surface area contributed by atoms with Gasteiger partial charge in [-0.25, -0.2) is 17.9 Å². The number of carboxylic acids is 1. The fraction of sp³-hybridized carbons (Fsp3) is 0.545. The molecule has 0 amide bonds. The Bertz CT molecular complexity index is 606. The molecule has 10 heteroatoms. The number of aryl methyl sites for hydroxylation is 1. The lowest BCUT2D eigenvalue weighted by molar-refractivity contribution is -0.134. The molecule has 0 fully saturated rings. The molecule has 0 bridgehead atoms. The van der Waals surface area contributed by atoms with E-state index in [-0.39, 0.29) is 23.6 Å². The number of rotatable bonds is 7. The van der Waals surface area contributed by atoms with Gasteiger partial charge in [-0.05, 0) is 19.4 Å². The number of hydrogen-bond acceptors (Lipinski definition) is 4. The molecule has 0 aliphatic heterocycles. The molecule has 0 radical (unpaired) electrons. The molecule has 1 rings (SSSR count). The number of aromatic carboxylic acids is 1. The van der Waals surface area contributed by atoms with E-state index in [0.29, 0.717) is 0 Å². The highest BCUT2D eigenvalue weighted by atomic mass is 32.2. The number of furan rings is 1. The molecular weight excluding hydrogens is 315 g/mol. The maximum atomic E-state index is 11.9. The minimum absolute atomic E-state index is 0.0734. The van der Waals surface area contributed by atoms with Crippen LogP contribution >= 0.6 is 0 Å². The SMILES string of the molecule is Cc1oc(CNS(=O)(=O)CCCC(F)(F)F)cc1C(=O)O. The van der Waals surface area contributed by atoms with E-state index < -0.39 is 40.8 Å². The lowest BCUT2D eigenvalue weighted by Gasteiger charge is -2.07. The molecule has 120 valence electrons. The summed E-state index contributed by atoms with van der Waals surface area (Å²) in [6, 6.07) is 1.16. The van der Waals surface area contributed by atoms with Crippen molar-refractivity contribution in [1.29, 1.82) is 0 Å². The summed E-state index contributed by atoms with van der Waals surface area (Å²) in [6.07, 6.45) is -6.13. The van der Waals surface area contributed by atoms with Crippen LogP contribution in [0.1, 0.15) is 34.7 Å². The standard InChI is InChI=1S/C11H14F3NO5S/c1-7-9(10(16)17)5-8(20-7)6-15-21(18,19)4-2-3-11(12,13)14/h5,15H,2-4,6H2,1H3,(H,16,17). The van der Waals surface area contributed by atoms with Gasteiger partial charge in [-0.3, -0.25) is 0 Å². The van der Waals surface area contributed by atoms with E-state index in [1.165, 1.54) is 6.92 Å². The Morgan fingerprint density at radius 3 is 2.52 bits per heavy atom. The predicted octanol–water partition coefficient (Wildman–Crippen LogP) is 2.05. The summed E-state index contributed by atoms with van der Waals surface area (Å²) in [5, 5.41) is 8.79. The number of halogens is 3. The first-order valence-electron chi connectivity index (χ1n) is 5.87. The smallest absolute Gasteiger partial charge is 0.389 e. The van der Waals surface area contributed by atoms with E-state index in [4.69, 9.17) is 9.52 Å². The third-order valence-electron chi connectivity index (χ3n) is 2.54. The first-order chi connectivity index (χ1) is 9.50. The van der Waals surface area contributed by atoms with Gasteiger partial charge in [0.1, 0.15) is 17.1 Å². The zero-order valence-corrected chi connectivity index (χ0v) is 11.8. The van der Waals surface area contributed by atoms with Crippen LogP contribution in [0, 0.1) is 6.92 Å². The van der Waals surface area contributed by atoms with Crippen LogP contribution in [0.2, 0.25) is 0 Å². The summed E-state index contributed by atoms with van der Waals surface area (Å²) in [6.45, 7) is 1.09. The maximum Gasteiger partial charge on any atom is 0.389 e. The highest BCUT2D eigenvalue weighted by Crippen LogP contribution is 2.21. The summed E-state index contributed by atoms with van der Waals surface area (Å²) in [7, 11) is -3.88. The Balaban J connectivity index is 2.54. The number of hydrogen-bond donors (Lipinski definition) is 2. The largest absolute Gasteiger partial charge is 0.478 e. The van der Waals surface area contributed by atoms with Crippen molar-refractivity contribution in [1.82, 2.24) is 4.72 Å². The predicted molar refractivity (Wildman–Crippen MR) is 66.3 cm³/mol. The van der Waals surface area contributed by atoms with E-state index in [0.717, 1.165) is 6.07 Å². The van der Waals surface area contributed by atoms with Gasteiger partial charge in [0.05, 0.1) is 12.3 Å². The number of carboxylic acid groups (broad SMARTS) is 1. The molecule has 21 heavy (non-hydrogen) atoms. The Hall–Kier alpha value is -1.55. The van der Waals surface area contributed by atoms with Crippen molar-refractivity contribution >= 4 is 16.0 Å². The van der Waals surface area contributed by atoms with Crippen LogP contribution in [-0.4, -0.2) is 31.4 Å². The molecule has 0 atom stereocenters. The molecule has 1 aromatic heterocycles. The minimum atomic E-state index is -4.40. The lowest BCUT2D eigenvalue weighted by atomic mass is 10.2. The summed E-state index contributed by atoms with van der Waals surface area (Å²) < 4.78 is 65.8. The molecule has 1 heterocycles. The quantitative estimate of drug-likeness (QED) is 0.798. The Kier molecular flexibility index (Phi) is 5.40. The Morgan fingerprint density at radius 1 is 1.43 bits per heavy atom. The van der Waals surface area contributed by atoms with Crippen molar-refractivity contribution in [3.05, 3.63) is 23.2 Å². The van der Waals surface area contributed by atoms with Crippen molar-refractivity contribution in [2.45, 2.75) is 32.5 Å². The van der Waals surface area contributed by atoms with Crippen molar-refractivity contribution in [3.8, 4) is 0 Å². The third-order valence-corrected chi connectivity index (χ3v) is 3.95. The first kappa shape index (κ1) is 17.5. The van der Waals surface area contributed by atoms with Crippen molar-refractivity contribution in [3.63, 3.8) is 0 Å². The van der Waals surface area contributed by atoms with Crippen molar-refractivity contribution in [2.24, 2.45) is 0 Å². The molecule has 0 saturated carbocycles. The molecule has 0 aromatic carbocycles. The molecule has 0 spiro atoms. The van der Waals surface area contributed by atoms with Crippen molar-refractivity contribution < 1.29 is 35.9 Å². The Labute approximate surface area is 119 Å². The molecule has 0 aliphatic carbocycles. The van der Waals surface area contributed by atoms with E-state index in [1.807, 2.05) is 0 Å². The normalized spacial score (nSPS) is 12.6. The zero-order valence-electron chi connectivity index (χ0n) is 11.0. The van der Waals surface area contributed by atoms with Gasteiger partial charge in [0, 0.05) is 6.42 Å². The van der Waals surface area contributed by atoms with Crippen LogP contribution in [0.4, 0.5) is 13.2 Å². The number of carbonyl (C=O) groups is 1. The summed E-state index contributed by atoms with van der Waals surface area (Å²) >= 11 is 0. The highest BCUT2D eigenvalue weighted by Gasteiger charge is 2.27. The minimum Gasteiger partial charge on any atom is -0.478 e. The summed E-state index contributed by atoms with van der Waals surface area (Å²) in [4.78, 5) is 10.8. The molecular formula is C11H14F3NO5S. The molecule has 0 aliphatic rings. The molecule has 0 unspecified atom stereocenters. The highest BCUT2D eigenvalue weighted by molar-refractivity contribution is 7.89. The third kappa shape index (κ3) is 6.17. The molecule has 2 N–H and O–H groups in total. The molecule has 1 aromatic rings. The average molecular weight is 329 g/mol. The second-order valence-electron chi connectivity index (χ2n) is 4.35. The van der Waals surface area contributed by atoms with E-state index in [9.17, 15) is 26.4 Å². The van der Waals surface area contributed by atoms with Crippen LogP contribution in [0.15, 0.2) is 10.5 Å². The monoisotopic (exact) mass is 329 g/mol. The van der Waals surface area contributed by atoms with Gasteiger partial charge in [-0.15, -0.1) is 0 Å². The van der Waals surface area contributed by atoms with Gasteiger partial charge in [-0.2, -0.15) is 13.2 Å². The van der Waals surface area contributed by atoms with Gasteiger partial charge in [-0.1, -0.05) is 0 Å². The van der Waals surface area contributed by atoms with Gasteiger partial charge in [0.15, 0.2) is 0 Å². The van der Waals surface area contributed by atoms with Crippen molar-refractivity contribution in [2.75, 3.05) is 5.75 Å². The fourth-order valence-corrected chi connectivity index (χ4v) is 2.59. The van der Waals surface area contributed by atoms with Gasteiger partial charge < -0.3 is 9.52 Å². The maximum absolute atomic E-state index is 11.9. The van der Waals surface area contributed by atoms with Gasteiger partial charge in [0.25, 0.3) is 0 Å². The lowest BCUT2D eigenvalue weighted by Crippen LogP contribution is -2.26. The molecule has 6 nitrogen and oxygen atoms in total. The Morgan fingerprint density at radius 2 is 2.05 bits per heavy atom. The summed E-state index contributed by atoms with van der Waals surface area (Å²) in [5.74, 6) is -1.69. The fourth-order valence-electron chi connectivity index (χ4n) is 1.56. The second kappa shape index (κ2) is 6.48. The van der Waals surface area contributed by atoms with E-state index >= 15 is 0 Å². The van der Waals surface area contributed by atoms with Crippen LogP contribution in [0.3, 0.4) is 0 Å². The van der Waals surface area contributed by atoms with Crippen LogP contribution in [-0.2, 0) is 16.6 Å². The van der Waals surface area contributed by atoms with Gasteiger partial charge in [0.2, 0.25) is 10.0 Å². The van der Waals surface area contributed by atoms with Crippen LogP contribution in [0.25, 0.3) is 0 Å². The number of nitrogens with one attached hydrogen (secondary N) is 1. The topological polar surface area (TPSA) is 96.6 Å².